The van der Waals surface area contributed by atoms with Gasteiger partial charge < -0.3 is 4.74 Å². The second kappa shape index (κ2) is 7.72. The van der Waals surface area contributed by atoms with Crippen LogP contribution in [0.15, 0.2) is 60.8 Å². The smallest absolute Gasteiger partial charge is 0.178 e. The molecule has 28 heavy (non-hydrogen) atoms. The summed E-state index contributed by atoms with van der Waals surface area (Å²) in [5.41, 5.74) is 4.00. The maximum Gasteiger partial charge on any atom is 0.178 e. The molecule has 0 atom stereocenters. The van der Waals surface area contributed by atoms with Crippen molar-refractivity contribution in [3.63, 3.8) is 0 Å². The van der Waals surface area contributed by atoms with Crippen molar-refractivity contribution in [3.8, 4) is 28.5 Å². The fraction of sp³-hybridized carbons (Fsp3) is 0.174. The van der Waals surface area contributed by atoms with Crippen molar-refractivity contribution < 1.29 is 9.13 Å². The van der Waals surface area contributed by atoms with Crippen molar-refractivity contribution in [2.24, 2.45) is 0 Å². The highest BCUT2D eigenvalue weighted by molar-refractivity contribution is 5.79. The van der Waals surface area contributed by atoms with Crippen LogP contribution >= 0.6 is 0 Å². The average Bonchev–Trinajstić information content (AvgIpc) is 2.74. The highest BCUT2D eigenvalue weighted by atomic mass is 19.1. The summed E-state index contributed by atoms with van der Waals surface area (Å²) in [6.07, 6.45) is 2.58. The molecule has 0 bridgehead atoms. The second-order valence-electron chi connectivity index (χ2n) is 6.39. The number of aryl methyl sites for hydroxylation is 1. The van der Waals surface area contributed by atoms with E-state index in [2.05, 4.69) is 16.9 Å². The highest BCUT2D eigenvalue weighted by Crippen LogP contribution is 2.29. The number of pyridine rings is 1. The monoisotopic (exact) mass is 373 g/mol. The normalized spacial score (nSPS) is 11.0. The molecular formula is C23H20FN3O. The number of nitrogens with zero attached hydrogens (tertiary/aromatic N) is 3. The lowest BCUT2D eigenvalue weighted by molar-refractivity contribution is 0.321. The first-order chi connectivity index (χ1) is 13.7. The van der Waals surface area contributed by atoms with Crippen LogP contribution in [0.2, 0.25) is 0 Å². The number of hydrogen-bond donors (Lipinski definition) is 0. The maximum absolute atomic E-state index is 14.4. The van der Waals surface area contributed by atoms with E-state index >= 15 is 0 Å². The molecule has 4 nitrogen and oxygen atoms in total. The second-order valence-corrected chi connectivity index (χ2v) is 6.39. The minimum Gasteiger partial charge on any atom is -0.491 e. The summed E-state index contributed by atoms with van der Waals surface area (Å²) in [5.74, 6) is 0.405. The van der Waals surface area contributed by atoms with Crippen molar-refractivity contribution in [2.45, 2.75) is 20.3 Å². The van der Waals surface area contributed by atoms with Crippen molar-refractivity contribution in [1.29, 1.82) is 0 Å². The number of benzene rings is 2. The molecule has 0 aliphatic rings. The molecule has 0 saturated carbocycles. The highest BCUT2D eigenvalue weighted by Gasteiger charge is 2.13. The molecule has 140 valence electrons. The Hall–Kier alpha value is -3.34. The van der Waals surface area contributed by atoms with Crippen molar-refractivity contribution >= 4 is 10.9 Å². The Labute approximate surface area is 163 Å². The van der Waals surface area contributed by atoms with E-state index in [1.807, 2.05) is 49.4 Å². The van der Waals surface area contributed by atoms with E-state index in [1.165, 1.54) is 6.07 Å². The van der Waals surface area contributed by atoms with Crippen LogP contribution in [0, 0.1) is 5.82 Å². The van der Waals surface area contributed by atoms with Crippen LogP contribution < -0.4 is 4.74 Å². The van der Waals surface area contributed by atoms with Crippen molar-refractivity contribution in [2.75, 3.05) is 6.61 Å². The van der Waals surface area contributed by atoms with Gasteiger partial charge in [-0.3, -0.25) is 0 Å². The minimum absolute atomic E-state index is 0.248. The molecule has 4 rings (SSSR count). The Morgan fingerprint density at radius 3 is 2.61 bits per heavy atom. The predicted molar refractivity (Wildman–Crippen MR) is 109 cm³/mol. The van der Waals surface area contributed by atoms with Crippen LogP contribution in [-0.2, 0) is 6.42 Å². The van der Waals surface area contributed by atoms with Crippen LogP contribution in [0.25, 0.3) is 33.7 Å². The van der Waals surface area contributed by atoms with Crippen LogP contribution in [-0.4, -0.2) is 21.6 Å². The van der Waals surface area contributed by atoms with Gasteiger partial charge in [0.15, 0.2) is 17.4 Å². The van der Waals surface area contributed by atoms with Gasteiger partial charge in [-0.15, -0.1) is 0 Å². The van der Waals surface area contributed by atoms with Gasteiger partial charge in [0.2, 0.25) is 0 Å². The first-order valence-electron chi connectivity index (χ1n) is 9.34. The van der Waals surface area contributed by atoms with Crippen LogP contribution in [0.1, 0.15) is 19.4 Å². The molecule has 0 N–H and O–H groups in total. The van der Waals surface area contributed by atoms with E-state index in [4.69, 9.17) is 9.72 Å². The molecule has 0 fully saturated rings. The summed E-state index contributed by atoms with van der Waals surface area (Å²) in [4.78, 5) is 13.9. The number of ether oxygens (including phenoxy) is 1. The van der Waals surface area contributed by atoms with E-state index in [-0.39, 0.29) is 5.75 Å². The van der Waals surface area contributed by atoms with Crippen molar-refractivity contribution in [1.82, 2.24) is 15.0 Å². The molecule has 0 amide bonds. The predicted octanol–water partition coefficient (Wildman–Crippen LogP) is 5.46. The lowest BCUT2D eigenvalue weighted by Gasteiger charge is -2.11. The number of rotatable bonds is 5. The lowest BCUT2D eigenvalue weighted by atomic mass is 10.0. The molecule has 0 aliphatic heterocycles. The zero-order valence-electron chi connectivity index (χ0n) is 15.8. The topological polar surface area (TPSA) is 47.9 Å². The number of aromatic nitrogens is 3. The Bertz CT molecular complexity index is 1140. The number of halogens is 1. The lowest BCUT2D eigenvalue weighted by Crippen LogP contribution is -1.99. The van der Waals surface area contributed by atoms with Gasteiger partial charge in [0, 0.05) is 17.1 Å². The van der Waals surface area contributed by atoms with Gasteiger partial charge in [0.05, 0.1) is 17.8 Å². The van der Waals surface area contributed by atoms with E-state index in [1.54, 1.807) is 12.3 Å². The zero-order valence-corrected chi connectivity index (χ0v) is 15.8. The first-order valence-corrected chi connectivity index (χ1v) is 9.34. The van der Waals surface area contributed by atoms with E-state index in [0.717, 1.165) is 28.6 Å². The SMILES string of the molecule is CCOc1ccc(-c2nc(-c3ncc4ccccc4n3)ccc2CC)cc1F. The van der Waals surface area contributed by atoms with Crippen LogP contribution in [0.4, 0.5) is 4.39 Å². The van der Waals surface area contributed by atoms with Gasteiger partial charge in [-0.2, -0.15) is 0 Å². The van der Waals surface area contributed by atoms with Gasteiger partial charge in [-0.25, -0.2) is 19.3 Å². The first kappa shape index (κ1) is 18.0. The standard InChI is InChI=1S/C23H20FN3O/c1-3-15-9-11-20(23-25-14-17-7-5-6-8-19(17)27-23)26-22(15)16-10-12-21(28-4-2)18(24)13-16/h5-14H,3-4H2,1-2H3. The summed E-state index contributed by atoms with van der Waals surface area (Å²) in [7, 11) is 0. The molecule has 0 saturated heterocycles. The Morgan fingerprint density at radius 2 is 1.82 bits per heavy atom. The van der Waals surface area contributed by atoms with E-state index in [9.17, 15) is 4.39 Å². The van der Waals surface area contributed by atoms with Gasteiger partial charge in [0.25, 0.3) is 0 Å². The molecule has 4 aromatic rings. The number of fused-ring (bicyclic) bond motifs is 1. The summed E-state index contributed by atoms with van der Waals surface area (Å²) in [5, 5.41) is 0.977. The third-order valence-corrected chi connectivity index (χ3v) is 4.58. The van der Waals surface area contributed by atoms with E-state index < -0.39 is 5.82 Å². The molecular weight excluding hydrogens is 353 g/mol. The summed E-state index contributed by atoms with van der Waals surface area (Å²) >= 11 is 0. The molecule has 0 radical (unpaired) electrons. The average molecular weight is 373 g/mol. The molecule has 2 heterocycles. The Balaban J connectivity index is 1.80. The van der Waals surface area contributed by atoms with Gasteiger partial charge in [0.1, 0.15) is 5.69 Å². The summed E-state index contributed by atoms with van der Waals surface area (Å²) in [6, 6.07) is 16.7. The van der Waals surface area contributed by atoms with Crippen molar-refractivity contribution in [3.05, 3.63) is 72.2 Å². The largest absolute Gasteiger partial charge is 0.491 e. The number of para-hydroxylation sites is 1. The fourth-order valence-electron chi connectivity index (χ4n) is 3.16. The molecule has 5 heteroatoms. The summed E-state index contributed by atoms with van der Waals surface area (Å²) < 4.78 is 19.7. The van der Waals surface area contributed by atoms with E-state index in [0.29, 0.717) is 23.7 Å². The van der Waals surface area contributed by atoms with Gasteiger partial charge in [-0.1, -0.05) is 31.2 Å². The van der Waals surface area contributed by atoms with Gasteiger partial charge in [-0.05, 0) is 49.2 Å². The zero-order chi connectivity index (χ0) is 19.5. The van der Waals surface area contributed by atoms with Crippen LogP contribution in [0.3, 0.4) is 0 Å². The maximum atomic E-state index is 14.4. The molecule has 0 spiro atoms. The third-order valence-electron chi connectivity index (χ3n) is 4.58. The third kappa shape index (κ3) is 3.43. The van der Waals surface area contributed by atoms with Gasteiger partial charge >= 0.3 is 0 Å². The molecule has 2 aromatic carbocycles. The Morgan fingerprint density at radius 1 is 0.964 bits per heavy atom. The molecule has 2 aromatic heterocycles. The Kier molecular flexibility index (Phi) is 4.98. The quantitative estimate of drug-likeness (QED) is 0.466. The fourth-order valence-corrected chi connectivity index (χ4v) is 3.16. The number of hydrogen-bond acceptors (Lipinski definition) is 4. The summed E-state index contributed by atoms with van der Waals surface area (Å²) in [6.45, 7) is 4.30. The molecule has 0 unspecified atom stereocenters. The van der Waals surface area contributed by atoms with Crippen LogP contribution in [0.5, 0.6) is 5.75 Å². The minimum atomic E-state index is -0.393. The molecule has 0 aliphatic carbocycles.